The van der Waals surface area contributed by atoms with Crippen molar-refractivity contribution in [1.82, 2.24) is 0 Å². The molecule has 0 saturated carbocycles. The molecule has 1 aromatic carbocycles. The summed E-state index contributed by atoms with van der Waals surface area (Å²) in [5.41, 5.74) is 2.67. The van der Waals surface area contributed by atoms with Gasteiger partial charge in [-0.15, -0.1) is 0 Å². The van der Waals surface area contributed by atoms with E-state index in [2.05, 4.69) is 6.07 Å². The van der Waals surface area contributed by atoms with E-state index < -0.39 is 17.1 Å². The average molecular weight is 284 g/mol. The van der Waals surface area contributed by atoms with E-state index in [1.54, 1.807) is 4.90 Å². The minimum atomic E-state index is -0.447. The van der Waals surface area contributed by atoms with Gasteiger partial charge in [-0.05, 0) is 51.7 Å². The molecule has 110 valence electrons. The molecule has 0 N–H and O–H groups in total. The van der Waals surface area contributed by atoms with Gasteiger partial charge in [-0.25, -0.2) is 0 Å². The molecule has 0 spiro atoms. The van der Waals surface area contributed by atoms with Crippen LogP contribution in [0.1, 0.15) is 48.2 Å². The molecule has 0 aromatic heterocycles. The zero-order chi connectivity index (χ0) is 15.8. The van der Waals surface area contributed by atoms with Gasteiger partial charge in [0.25, 0.3) is 11.7 Å². The van der Waals surface area contributed by atoms with Crippen molar-refractivity contribution in [2.45, 2.75) is 40.5 Å². The second-order valence-corrected chi connectivity index (χ2v) is 6.31. The summed E-state index contributed by atoms with van der Waals surface area (Å²) in [6, 6.07) is 6.07. The van der Waals surface area contributed by atoms with Crippen LogP contribution in [0.2, 0.25) is 0 Å². The van der Waals surface area contributed by atoms with E-state index in [1.165, 1.54) is 0 Å². The number of carbonyl (C=O) groups is 2. The first kappa shape index (κ1) is 15.2. The molecular weight excluding hydrogens is 264 g/mol. The van der Waals surface area contributed by atoms with Crippen molar-refractivity contribution >= 4 is 17.4 Å². The van der Waals surface area contributed by atoms with Crippen LogP contribution in [0.5, 0.6) is 0 Å². The molecule has 0 bridgehead atoms. The number of nitriles is 1. The lowest BCUT2D eigenvalue weighted by atomic mass is 9.90. The Bertz CT molecular complexity index is 653. The first-order valence-electron chi connectivity index (χ1n) is 7.16. The lowest BCUT2D eigenvalue weighted by Crippen LogP contribution is -2.31. The van der Waals surface area contributed by atoms with Gasteiger partial charge in [0.2, 0.25) is 0 Å². The number of hydrogen-bond acceptors (Lipinski definition) is 3. The van der Waals surface area contributed by atoms with Crippen LogP contribution < -0.4 is 4.90 Å². The normalized spacial score (nSPS) is 14.3. The van der Waals surface area contributed by atoms with Gasteiger partial charge in [0, 0.05) is 6.54 Å². The first-order chi connectivity index (χ1) is 9.78. The highest BCUT2D eigenvalue weighted by molar-refractivity contribution is 6.52. The molecule has 21 heavy (non-hydrogen) atoms. The van der Waals surface area contributed by atoms with Crippen molar-refractivity contribution in [3.8, 4) is 6.07 Å². The Hall–Kier alpha value is -2.15. The number of aryl methyl sites for hydroxylation is 2. The lowest BCUT2D eigenvalue weighted by molar-refractivity contribution is -0.114. The summed E-state index contributed by atoms with van der Waals surface area (Å²) in [6.07, 6.45) is 1.40. The zero-order valence-electron chi connectivity index (χ0n) is 13.0. The van der Waals surface area contributed by atoms with E-state index in [1.807, 2.05) is 39.8 Å². The van der Waals surface area contributed by atoms with E-state index in [-0.39, 0.29) is 0 Å². The van der Waals surface area contributed by atoms with E-state index in [9.17, 15) is 9.59 Å². The Morgan fingerprint density at radius 1 is 1.19 bits per heavy atom. The predicted molar refractivity (Wildman–Crippen MR) is 81.2 cm³/mol. The summed E-state index contributed by atoms with van der Waals surface area (Å²) < 4.78 is 0. The number of anilines is 1. The third-order valence-corrected chi connectivity index (χ3v) is 4.01. The summed E-state index contributed by atoms with van der Waals surface area (Å²) in [6.45, 7) is 8.01. The Morgan fingerprint density at radius 2 is 1.81 bits per heavy atom. The SMILES string of the molecule is Cc1ccc(C)c2c1C(=O)C(=O)N2CCCC(C)(C)C#N. The highest BCUT2D eigenvalue weighted by Gasteiger charge is 2.37. The molecule has 1 aliphatic heterocycles. The fraction of sp³-hybridized carbons (Fsp3) is 0.471. The van der Waals surface area contributed by atoms with Gasteiger partial charge in [0.15, 0.2) is 0 Å². The molecule has 0 aliphatic carbocycles. The van der Waals surface area contributed by atoms with Crippen LogP contribution >= 0.6 is 0 Å². The van der Waals surface area contributed by atoms with Crippen molar-refractivity contribution in [1.29, 1.82) is 5.26 Å². The highest BCUT2D eigenvalue weighted by atomic mass is 16.2. The zero-order valence-corrected chi connectivity index (χ0v) is 13.0. The molecule has 4 nitrogen and oxygen atoms in total. The molecule has 0 radical (unpaired) electrons. The number of Topliss-reactive ketones (excluding diaryl/α,β-unsaturated/α-hetero) is 1. The molecule has 0 atom stereocenters. The number of benzene rings is 1. The van der Waals surface area contributed by atoms with Crippen molar-refractivity contribution in [3.63, 3.8) is 0 Å². The summed E-state index contributed by atoms with van der Waals surface area (Å²) in [5.74, 6) is -0.858. The van der Waals surface area contributed by atoms with Gasteiger partial charge in [0.1, 0.15) is 0 Å². The Kier molecular flexibility index (Phi) is 3.87. The second kappa shape index (κ2) is 5.33. The Labute approximate surface area is 125 Å². The maximum Gasteiger partial charge on any atom is 0.299 e. The largest absolute Gasteiger partial charge is 0.304 e. The molecule has 1 heterocycles. The third kappa shape index (κ3) is 2.69. The molecular formula is C17H20N2O2. The molecule has 0 fully saturated rings. The van der Waals surface area contributed by atoms with Crippen molar-refractivity contribution in [3.05, 3.63) is 28.8 Å². The molecule has 1 aromatic rings. The Morgan fingerprint density at radius 3 is 2.43 bits per heavy atom. The third-order valence-electron chi connectivity index (χ3n) is 4.01. The highest BCUT2D eigenvalue weighted by Crippen LogP contribution is 2.35. The average Bonchev–Trinajstić information content (AvgIpc) is 2.69. The number of hydrogen-bond donors (Lipinski definition) is 0. The van der Waals surface area contributed by atoms with Gasteiger partial charge in [-0.2, -0.15) is 5.26 Å². The van der Waals surface area contributed by atoms with E-state index in [0.717, 1.165) is 16.8 Å². The second-order valence-electron chi connectivity index (χ2n) is 6.31. The molecule has 1 amide bonds. The number of nitrogens with zero attached hydrogens (tertiary/aromatic N) is 2. The molecule has 1 aliphatic rings. The maximum absolute atomic E-state index is 12.2. The summed E-state index contributed by atoms with van der Waals surface area (Å²) in [7, 11) is 0. The van der Waals surface area contributed by atoms with Crippen LogP contribution in [0.25, 0.3) is 0 Å². The van der Waals surface area contributed by atoms with Crippen LogP contribution in [0.15, 0.2) is 12.1 Å². The number of fused-ring (bicyclic) bond motifs is 1. The topological polar surface area (TPSA) is 61.2 Å². The quantitative estimate of drug-likeness (QED) is 0.798. The monoisotopic (exact) mass is 284 g/mol. The first-order valence-corrected chi connectivity index (χ1v) is 7.16. The number of ketones is 1. The standard InChI is InChI=1S/C17H20N2O2/c1-11-6-7-12(2)14-13(11)15(20)16(21)19(14)9-5-8-17(3,4)10-18/h6-7H,5,8-9H2,1-4H3. The molecule has 4 heteroatoms. The molecule has 0 unspecified atom stereocenters. The predicted octanol–water partition coefficient (Wildman–Crippen LogP) is 3.16. The summed E-state index contributed by atoms with van der Waals surface area (Å²) >= 11 is 0. The summed E-state index contributed by atoms with van der Waals surface area (Å²) in [5, 5.41) is 9.03. The van der Waals surface area contributed by atoms with Crippen molar-refractivity contribution in [2.24, 2.45) is 5.41 Å². The fourth-order valence-corrected chi connectivity index (χ4v) is 2.71. The van der Waals surface area contributed by atoms with E-state index >= 15 is 0 Å². The molecule has 0 saturated heterocycles. The van der Waals surface area contributed by atoms with Gasteiger partial charge < -0.3 is 4.90 Å². The van der Waals surface area contributed by atoms with E-state index in [0.29, 0.717) is 24.9 Å². The smallest absolute Gasteiger partial charge is 0.299 e. The van der Waals surface area contributed by atoms with Crippen LogP contribution in [-0.4, -0.2) is 18.2 Å². The fourth-order valence-electron chi connectivity index (χ4n) is 2.71. The van der Waals surface area contributed by atoms with Gasteiger partial charge in [-0.3, -0.25) is 9.59 Å². The number of carbonyl (C=O) groups excluding carboxylic acids is 2. The minimum absolute atomic E-state index is 0.405. The maximum atomic E-state index is 12.2. The number of amides is 1. The summed E-state index contributed by atoms with van der Waals surface area (Å²) in [4.78, 5) is 25.9. The van der Waals surface area contributed by atoms with Gasteiger partial charge in [0.05, 0.1) is 22.7 Å². The Balaban J connectivity index is 2.24. The van der Waals surface area contributed by atoms with Crippen LogP contribution in [0.3, 0.4) is 0 Å². The van der Waals surface area contributed by atoms with Crippen LogP contribution in [0, 0.1) is 30.6 Å². The van der Waals surface area contributed by atoms with Crippen molar-refractivity contribution in [2.75, 3.05) is 11.4 Å². The van der Waals surface area contributed by atoms with Crippen LogP contribution in [-0.2, 0) is 4.79 Å². The molecule has 2 rings (SSSR count). The van der Waals surface area contributed by atoms with Gasteiger partial charge in [-0.1, -0.05) is 12.1 Å². The minimum Gasteiger partial charge on any atom is -0.304 e. The van der Waals surface area contributed by atoms with E-state index in [4.69, 9.17) is 5.26 Å². The lowest BCUT2D eigenvalue weighted by Gasteiger charge is -2.21. The van der Waals surface area contributed by atoms with Gasteiger partial charge >= 0.3 is 0 Å². The van der Waals surface area contributed by atoms with Crippen molar-refractivity contribution < 1.29 is 9.59 Å². The van der Waals surface area contributed by atoms with Crippen LogP contribution in [0.4, 0.5) is 5.69 Å². The number of rotatable bonds is 4.